The van der Waals surface area contributed by atoms with Crippen molar-refractivity contribution in [1.82, 2.24) is 20.2 Å². The van der Waals surface area contributed by atoms with Crippen molar-refractivity contribution >= 4 is 11.9 Å². The van der Waals surface area contributed by atoms with Crippen LogP contribution in [0.4, 0.5) is 5.95 Å². The maximum Gasteiger partial charge on any atom is 0.338 e. The van der Waals surface area contributed by atoms with Crippen LogP contribution < -0.4 is 10.1 Å². The molecule has 3 rings (SSSR count). The van der Waals surface area contributed by atoms with Gasteiger partial charge in [0.05, 0.1) is 19.8 Å². The molecular weight excluding hydrogens is 298 g/mol. The summed E-state index contributed by atoms with van der Waals surface area (Å²) in [6.07, 6.45) is 0.614. The van der Waals surface area contributed by atoms with Gasteiger partial charge in [0.25, 0.3) is 0 Å². The number of benzene rings is 1. The van der Waals surface area contributed by atoms with Gasteiger partial charge in [-0.1, -0.05) is 30.2 Å². The third kappa shape index (κ3) is 2.41. The Morgan fingerprint density at radius 3 is 2.83 bits per heavy atom. The largest absolute Gasteiger partial charge is 0.496 e. The highest BCUT2D eigenvalue weighted by molar-refractivity contribution is 5.92. The van der Waals surface area contributed by atoms with E-state index in [0.29, 0.717) is 23.7 Å². The van der Waals surface area contributed by atoms with Gasteiger partial charge in [-0.2, -0.15) is 4.68 Å². The van der Waals surface area contributed by atoms with E-state index in [1.165, 1.54) is 7.11 Å². The summed E-state index contributed by atoms with van der Waals surface area (Å²) in [6.45, 7) is 1.95. The Bertz CT molecular complexity index is 768. The molecular formula is C15H17N5O3. The average Bonchev–Trinajstić information content (AvgIpc) is 3.07. The number of tetrazole rings is 1. The van der Waals surface area contributed by atoms with Crippen LogP contribution in [0.5, 0.6) is 5.75 Å². The maximum atomic E-state index is 12.4. The van der Waals surface area contributed by atoms with Crippen molar-refractivity contribution < 1.29 is 14.3 Å². The minimum atomic E-state index is -0.514. The van der Waals surface area contributed by atoms with Crippen LogP contribution in [0.25, 0.3) is 0 Å². The lowest BCUT2D eigenvalue weighted by Gasteiger charge is -2.28. The van der Waals surface area contributed by atoms with Crippen LogP contribution >= 0.6 is 0 Å². The molecule has 1 N–H and O–H groups in total. The number of methoxy groups -OCH3 is 2. The first kappa shape index (κ1) is 15.0. The van der Waals surface area contributed by atoms with Crippen LogP contribution in [0, 0.1) is 0 Å². The van der Waals surface area contributed by atoms with Gasteiger partial charge in [-0.15, -0.1) is 0 Å². The predicted molar refractivity (Wildman–Crippen MR) is 81.9 cm³/mol. The van der Waals surface area contributed by atoms with Crippen molar-refractivity contribution in [1.29, 1.82) is 0 Å². The summed E-state index contributed by atoms with van der Waals surface area (Å²) in [5.74, 6) is 0.703. The van der Waals surface area contributed by atoms with Gasteiger partial charge in [0.15, 0.2) is 0 Å². The molecule has 8 heteroatoms. The summed E-state index contributed by atoms with van der Waals surface area (Å²) in [4.78, 5) is 12.4. The number of allylic oxidation sites excluding steroid dienone is 1. The third-order valence-electron chi connectivity index (χ3n) is 3.79. The minimum absolute atomic E-state index is 0.425. The molecule has 120 valence electrons. The number of carbonyl (C=O) groups is 1. The molecule has 1 atom stereocenters. The number of esters is 1. The quantitative estimate of drug-likeness (QED) is 0.855. The molecule has 1 aliphatic heterocycles. The van der Waals surface area contributed by atoms with E-state index in [0.717, 1.165) is 11.3 Å². The zero-order valence-electron chi connectivity index (χ0n) is 13.1. The van der Waals surface area contributed by atoms with Crippen LogP contribution in [0.15, 0.2) is 35.5 Å². The van der Waals surface area contributed by atoms with Crippen molar-refractivity contribution in [2.45, 2.75) is 19.4 Å². The monoisotopic (exact) mass is 315 g/mol. The number of nitrogens with one attached hydrogen (secondary N) is 1. The van der Waals surface area contributed by atoms with Crippen molar-refractivity contribution in [3.05, 3.63) is 41.1 Å². The number of rotatable bonds is 4. The molecule has 0 bridgehead atoms. The van der Waals surface area contributed by atoms with E-state index < -0.39 is 12.0 Å². The van der Waals surface area contributed by atoms with Crippen LogP contribution in [-0.2, 0) is 9.53 Å². The van der Waals surface area contributed by atoms with Gasteiger partial charge < -0.3 is 14.8 Å². The molecule has 0 fully saturated rings. The number of hydrogen-bond donors (Lipinski definition) is 1. The second-order valence-electron chi connectivity index (χ2n) is 4.95. The SMILES string of the molecule is CCC1=C(C(=O)OC)[C@H](c2ccccc2OC)n2nnnc2N1. The van der Waals surface area contributed by atoms with Gasteiger partial charge in [-0.3, -0.25) is 0 Å². The highest BCUT2D eigenvalue weighted by Gasteiger charge is 2.36. The number of ether oxygens (including phenoxy) is 2. The Labute approximate surface area is 133 Å². The third-order valence-corrected chi connectivity index (χ3v) is 3.79. The predicted octanol–water partition coefficient (Wildman–Crippen LogP) is 1.53. The Morgan fingerprint density at radius 2 is 2.13 bits per heavy atom. The first-order chi connectivity index (χ1) is 11.2. The standard InChI is InChI=1S/C15H17N5O3/c1-4-10-12(14(21)23-3)13(20-15(16-10)17-18-19-20)9-7-5-6-8-11(9)22-2/h5-8,13H,4H2,1-3H3,(H,16,17,19)/t13-/m0/s1. The van der Waals surface area contributed by atoms with Crippen molar-refractivity contribution in [3.8, 4) is 5.75 Å². The van der Waals surface area contributed by atoms with Gasteiger partial charge in [-0.05, 0) is 22.9 Å². The van der Waals surface area contributed by atoms with E-state index in [4.69, 9.17) is 9.47 Å². The van der Waals surface area contributed by atoms with Gasteiger partial charge in [0.2, 0.25) is 5.95 Å². The molecule has 0 aliphatic carbocycles. The molecule has 0 saturated heterocycles. The van der Waals surface area contributed by atoms with Gasteiger partial charge >= 0.3 is 5.97 Å². The molecule has 23 heavy (non-hydrogen) atoms. The fourth-order valence-electron chi connectivity index (χ4n) is 2.74. The Hall–Kier alpha value is -2.90. The van der Waals surface area contributed by atoms with Crippen molar-refractivity contribution in [2.75, 3.05) is 19.5 Å². The van der Waals surface area contributed by atoms with Gasteiger partial charge in [-0.25, -0.2) is 4.79 Å². The van der Waals surface area contributed by atoms with Crippen LogP contribution in [-0.4, -0.2) is 40.4 Å². The fraction of sp³-hybridized carbons (Fsp3) is 0.333. The Balaban J connectivity index is 2.25. The lowest BCUT2D eigenvalue weighted by Crippen LogP contribution is -2.30. The number of anilines is 1. The summed E-state index contributed by atoms with van der Waals surface area (Å²) in [5.41, 5.74) is 1.99. The zero-order valence-corrected chi connectivity index (χ0v) is 13.1. The second kappa shape index (κ2) is 6.07. The van der Waals surface area contributed by atoms with Crippen molar-refractivity contribution in [2.24, 2.45) is 0 Å². The summed E-state index contributed by atoms with van der Waals surface area (Å²) in [5, 5.41) is 14.8. The molecule has 1 aromatic heterocycles. The fourth-order valence-corrected chi connectivity index (χ4v) is 2.74. The van der Waals surface area contributed by atoms with Crippen molar-refractivity contribution in [3.63, 3.8) is 0 Å². The molecule has 0 unspecified atom stereocenters. The summed E-state index contributed by atoms with van der Waals surface area (Å²) >= 11 is 0. The first-order valence-corrected chi connectivity index (χ1v) is 7.20. The highest BCUT2D eigenvalue weighted by atomic mass is 16.5. The van der Waals surface area contributed by atoms with Gasteiger partial charge in [0, 0.05) is 11.3 Å². The lowest BCUT2D eigenvalue weighted by atomic mass is 9.94. The molecule has 1 aromatic carbocycles. The number of aromatic nitrogens is 4. The summed E-state index contributed by atoms with van der Waals surface area (Å²) in [6, 6.07) is 6.95. The van der Waals surface area contributed by atoms with Gasteiger partial charge in [0.1, 0.15) is 11.8 Å². The number of hydrogen-bond acceptors (Lipinski definition) is 7. The lowest BCUT2D eigenvalue weighted by molar-refractivity contribution is -0.136. The average molecular weight is 315 g/mol. The smallest absolute Gasteiger partial charge is 0.338 e. The van der Waals surface area contributed by atoms with E-state index in [-0.39, 0.29) is 0 Å². The highest BCUT2D eigenvalue weighted by Crippen LogP contribution is 2.39. The van der Waals surface area contributed by atoms with Crippen LogP contribution in [0.2, 0.25) is 0 Å². The number of carbonyl (C=O) groups excluding carboxylic acids is 1. The molecule has 2 aromatic rings. The molecule has 8 nitrogen and oxygen atoms in total. The van der Waals surface area contributed by atoms with E-state index in [2.05, 4.69) is 20.8 Å². The molecule has 0 saturated carbocycles. The zero-order chi connectivity index (χ0) is 16.4. The molecule has 0 radical (unpaired) electrons. The van der Waals surface area contributed by atoms with E-state index >= 15 is 0 Å². The van der Waals surface area contributed by atoms with E-state index in [1.807, 2.05) is 31.2 Å². The normalized spacial score (nSPS) is 16.6. The summed E-state index contributed by atoms with van der Waals surface area (Å²) < 4.78 is 12.0. The van der Waals surface area contributed by atoms with E-state index in [9.17, 15) is 4.79 Å². The molecule has 1 aliphatic rings. The molecule has 2 heterocycles. The first-order valence-electron chi connectivity index (χ1n) is 7.20. The topological polar surface area (TPSA) is 91.2 Å². The Morgan fingerprint density at radius 1 is 1.35 bits per heavy atom. The summed E-state index contributed by atoms with van der Waals surface area (Å²) in [7, 11) is 2.94. The minimum Gasteiger partial charge on any atom is -0.496 e. The number of para-hydroxylation sites is 1. The maximum absolute atomic E-state index is 12.4. The van der Waals surface area contributed by atoms with E-state index in [1.54, 1.807) is 11.8 Å². The Kier molecular flexibility index (Phi) is 3.96. The number of fused-ring (bicyclic) bond motifs is 1. The molecule has 0 spiro atoms. The van der Waals surface area contributed by atoms with Crippen LogP contribution in [0.1, 0.15) is 24.9 Å². The molecule has 0 amide bonds. The second-order valence-corrected chi connectivity index (χ2v) is 4.95. The number of nitrogens with zero attached hydrogens (tertiary/aromatic N) is 4. The van der Waals surface area contributed by atoms with Crippen LogP contribution in [0.3, 0.4) is 0 Å².